The van der Waals surface area contributed by atoms with E-state index in [1.54, 1.807) is 0 Å². The molecule has 0 saturated carbocycles. The Kier molecular flexibility index (Phi) is 4.37. The molecule has 0 fully saturated rings. The van der Waals surface area contributed by atoms with E-state index in [1.807, 2.05) is 0 Å². The SMILES string of the molecule is S=CNNS. The summed E-state index contributed by atoms with van der Waals surface area (Å²) in [6, 6.07) is 0. The summed E-state index contributed by atoms with van der Waals surface area (Å²) in [7, 11) is 0. The van der Waals surface area contributed by atoms with Gasteiger partial charge in [0.1, 0.15) is 0 Å². The normalized spacial score (nSPS) is 6.60. The standard InChI is InChI=1S/CH4N2S2/c4-1-2-3-5/h1,3,5H,(H,2,4). The van der Waals surface area contributed by atoms with Crippen LogP contribution in [0.15, 0.2) is 0 Å². The summed E-state index contributed by atoms with van der Waals surface area (Å²) in [5.74, 6) is 0. The molecule has 0 amide bonds. The van der Waals surface area contributed by atoms with E-state index in [2.05, 4.69) is 35.3 Å². The van der Waals surface area contributed by atoms with E-state index in [0.29, 0.717) is 0 Å². The molecule has 0 aliphatic carbocycles. The van der Waals surface area contributed by atoms with Crippen molar-refractivity contribution >= 4 is 30.5 Å². The average molecular weight is 108 g/mol. The first-order valence-corrected chi connectivity index (χ1v) is 1.92. The molecule has 0 spiro atoms. The second-order valence-corrected chi connectivity index (χ2v) is 0.833. The van der Waals surface area contributed by atoms with Crippen molar-refractivity contribution in [2.45, 2.75) is 0 Å². The predicted molar refractivity (Wildman–Crippen MR) is 28.9 cm³/mol. The highest BCUT2D eigenvalue weighted by Gasteiger charge is 1.52. The van der Waals surface area contributed by atoms with Crippen LogP contribution in [-0.2, 0) is 0 Å². The van der Waals surface area contributed by atoms with Crippen molar-refractivity contribution < 1.29 is 0 Å². The molecule has 30 valence electrons. The number of hydrazine groups is 1. The molecule has 4 heteroatoms. The monoisotopic (exact) mass is 108 g/mol. The minimum atomic E-state index is 1.33. The van der Waals surface area contributed by atoms with Gasteiger partial charge in [-0.1, -0.05) is 25.0 Å². The fraction of sp³-hybridized carbons (Fsp3) is 0. The van der Waals surface area contributed by atoms with E-state index in [9.17, 15) is 0 Å². The van der Waals surface area contributed by atoms with Crippen LogP contribution in [0.4, 0.5) is 0 Å². The van der Waals surface area contributed by atoms with Crippen LogP contribution in [0.5, 0.6) is 0 Å². The van der Waals surface area contributed by atoms with Crippen LogP contribution in [0.2, 0.25) is 0 Å². The molecule has 2 nitrogen and oxygen atoms in total. The number of thiocarbonyl (C=S) groups is 1. The lowest BCUT2D eigenvalue weighted by atomic mass is 11.5. The molecule has 0 unspecified atom stereocenters. The van der Waals surface area contributed by atoms with Gasteiger partial charge >= 0.3 is 0 Å². The van der Waals surface area contributed by atoms with Crippen LogP contribution in [-0.4, -0.2) is 5.49 Å². The molecule has 5 heavy (non-hydrogen) atoms. The number of hydrogen-bond acceptors (Lipinski definition) is 3. The molecule has 0 heterocycles. The zero-order valence-corrected chi connectivity index (χ0v) is 4.14. The minimum absolute atomic E-state index is 1.33. The number of hydrogen-bond donors (Lipinski definition) is 3. The Hall–Kier alpha value is 0.200. The summed E-state index contributed by atoms with van der Waals surface area (Å²) in [6.45, 7) is 0. The van der Waals surface area contributed by atoms with Crippen molar-refractivity contribution in [1.29, 1.82) is 0 Å². The van der Waals surface area contributed by atoms with Gasteiger partial charge in [0.25, 0.3) is 0 Å². The molecule has 0 bridgehead atoms. The first kappa shape index (κ1) is 5.20. The average Bonchev–Trinajstić information content (AvgIpc) is 1.41. The Morgan fingerprint density at radius 2 is 2.40 bits per heavy atom. The highest BCUT2D eigenvalue weighted by molar-refractivity contribution is 7.79. The van der Waals surface area contributed by atoms with Gasteiger partial charge in [-0.15, -0.1) is 0 Å². The van der Waals surface area contributed by atoms with E-state index in [0.717, 1.165) is 0 Å². The zero-order chi connectivity index (χ0) is 4.12. The maximum Gasteiger partial charge on any atom is 0.0764 e. The van der Waals surface area contributed by atoms with Crippen LogP contribution in [0, 0.1) is 0 Å². The largest absolute Gasteiger partial charge is 0.309 e. The Bertz CT molecular complexity index is 28.8. The van der Waals surface area contributed by atoms with Crippen LogP contribution in [0.25, 0.3) is 0 Å². The highest BCUT2D eigenvalue weighted by Crippen LogP contribution is 1.43. The fourth-order valence-corrected chi connectivity index (χ4v) is 0.237. The Labute approximate surface area is 41.5 Å². The van der Waals surface area contributed by atoms with Gasteiger partial charge in [0.2, 0.25) is 0 Å². The number of nitrogens with one attached hydrogen (secondary N) is 2. The number of thiol groups is 1. The Morgan fingerprint density at radius 1 is 1.80 bits per heavy atom. The molecule has 0 saturated heterocycles. The van der Waals surface area contributed by atoms with E-state index in [-0.39, 0.29) is 0 Å². The molecule has 0 aromatic heterocycles. The molecule has 0 radical (unpaired) electrons. The van der Waals surface area contributed by atoms with Gasteiger partial charge in [-0.2, -0.15) is 4.83 Å². The van der Waals surface area contributed by atoms with Crippen molar-refractivity contribution in [3.8, 4) is 0 Å². The summed E-state index contributed by atoms with van der Waals surface area (Å²) in [5, 5.41) is 0. The first-order valence-electron chi connectivity index (χ1n) is 0.998. The maximum absolute atomic E-state index is 4.30. The van der Waals surface area contributed by atoms with Gasteiger partial charge in [0.15, 0.2) is 0 Å². The lowest BCUT2D eigenvalue weighted by Crippen LogP contribution is -2.18. The maximum atomic E-state index is 4.30. The third-order valence-electron chi connectivity index (χ3n) is 0.123. The second-order valence-electron chi connectivity index (χ2n) is 0.374. The summed E-state index contributed by atoms with van der Waals surface area (Å²) in [5.41, 5.74) is 3.74. The topological polar surface area (TPSA) is 24.1 Å². The third-order valence-corrected chi connectivity index (χ3v) is 0.370. The van der Waals surface area contributed by atoms with Gasteiger partial charge in [-0.3, -0.25) is 0 Å². The number of rotatable bonds is 2. The van der Waals surface area contributed by atoms with Crippen LogP contribution in [0.3, 0.4) is 0 Å². The summed E-state index contributed by atoms with van der Waals surface area (Å²) in [4.78, 5) is 2.30. The molecular weight excluding hydrogens is 104 g/mol. The van der Waals surface area contributed by atoms with Crippen molar-refractivity contribution in [3.63, 3.8) is 0 Å². The van der Waals surface area contributed by atoms with Gasteiger partial charge in [-0.25, -0.2) is 0 Å². The van der Waals surface area contributed by atoms with Crippen molar-refractivity contribution in [2.75, 3.05) is 0 Å². The predicted octanol–water partition coefficient (Wildman–Crippen LogP) is -0.117. The van der Waals surface area contributed by atoms with Gasteiger partial charge in [0, 0.05) is 0 Å². The summed E-state index contributed by atoms with van der Waals surface area (Å²) >= 11 is 7.85. The van der Waals surface area contributed by atoms with E-state index >= 15 is 0 Å². The zero-order valence-electron chi connectivity index (χ0n) is 2.43. The lowest BCUT2D eigenvalue weighted by molar-refractivity contribution is 0.970. The van der Waals surface area contributed by atoms with Crippen LogP contribution < -0.4 is 10.3 Å². The molecule has 0 aromatic rings. The Balaban J connectivity index is 2.40. The van der Waals surface area contributed by atoms with Crippen LogP contribution >= 0.6 is 25.0 Å². The quantitative estimate of drug-likeness (QED) is 0.261. The molecule has 0 aliphatic heterocycles. The summed E-state index contributed by atoms with van der Waals surface area (Å²) < 4.78 is 0. The molecule has 0 aliphatic rings. The smallest absolute Gasteiger partial charge is 0.0764 e. The summed E-state index contributed by atoms with van der Waals surface area (Å²) in [6.07, 6.45) is 0. The lowest BCUT2D eigenvalue weighted by Gasteiger charge is -1.84. The molecule has 0 atom stereocenters. The first-order chi connectivity index (χ1) is 2.41. The van der Waals surface area contributed by atoms with Gasteiger partial charge in [-0.05, 0) is 0 Å². The van der Waals surface area contributed by atoms with Gasteiger partial charge in [0.05, 0.1) is 5.49 Å². The van der Waals surface area contributed by atoms with E-state index in [1.165, 1.54) is 5.49 Å². The minimum Gasteiger partial charge on any atom is -0.309 e. The van der Waals surface area contributed by atoms with Crippen molar-refractivity contribution in [3.05, 3.63) is 0 Å². The third kappa shape index (κ3) is 4.20. The highest BCUT2D eigenvalue weighted by atomic mass is 32.1. The molecule has 2 N–H and O–H groups in total. The van der Waals surface area contributed by atoms with Crippen molar-refractivity contribution in [2.24, 2.45) is 0 Å². The van der Waals surface area contributed by atoms with Gasteiger partial charge < -0.3 is 5.43 Å². The molecule has 0 rings (SSSR count). The molecular formula is CH4N2S2. The van der Waals surface area contributed by atoms with E-state index < -0.39 is 0 Å². The molecule has 0 aromatic carbocycles. The van der Waals surface area contributed by atoms with Crippen molar-refractivity contribution in [1.82, 2.24) is 10.3 Å². The second kappa shape index (κ2) is 4.20. The van der Waals surface area contributed by atoms with E-state index in [4.69, 9.17) is 0 Å². The van der Waals surface area contributed by atoms with Crippen LogP contribution in [0.1, 0.15) is 0 Å². The Morgan fingerprint density at radius 3 is 2.40 bits per heavy atom. The fourth-order valence-electron chi connectivity index (χ4n) is 0.0264.